The maximum atomic E-state index is 13.7. The molecule has 1 aromatic rings. The fraction of sp³-hybridized carbons (Fsp3) is 0.600. The number of hydrogen-bond acceptors (Lipinski definition) is 3. The molecule has 1 aromatic carbocycles. The van der Waals surface area contributed by atoms with Crippen molar-refractivity contribution in [3.8, 4) is 0 Å². The lowest BCUT2D eigenvalue weighted by atomic mass is 10.1. The standard InChI is InChI=1S/C15H24FN3/c1-3-4-17-12-13-9-14(16)11-15(10-13)19-7-5-18(2)6-8-19/h9-11,17H,3-8,12H2,1-2H3. The van der Waals surface area contributed by atoms with Gasteiger partial charge in [0.2, 0.25) is 0 Å². The number of nitrogens with one attached hydrogen (secondary N) is 1. The van der Waals surface area contributed by atoms with Crippen LogP contribution >= 0.6 is 0 Å². The highest BCUT2D eigenvalue weighted by Crippen LogP contribution is 2.20. The highest BCUT2D eigenvalue weighted by atomic mass is 19.1. The van der Waals surface area contributed by atoms with Crippen molar-refractivity contribution in [1.82, 2.24) is 10.2 Å². The lowest BCUT2D eigenvalue weighted by molar-refractivity contribution is 0.312. The minimum atomic E-state index is -0.135. The van der Waals surface area contributed by atoms with Crippen molar-refractivity contribution < 1.29 is 4.39 Å². The van der Waals surface area contributed by atoms with Gasteiger partial charge in [0.1, 0.15) is 5.82 Å². The van der Waals surface area contributed by atoms with Crippen molar-refractivity contribution in [2.45, 2.75) is 19.9 Å². The van der Waals surface area contributed by atoms with Gasteiger partial charge in [-0.1, -0.05) is 6.92 Å². The van der Waals surface area contributed by atoms with E-state index in [4.69, 9.17) is 0 Å². The van der Waals surface area contributed by atoms with Crippen molar-refractivity contribution in [1.29, 1.82) is 0 Å². The molecule has 19 heavy (non-hydrogen) atoms. The average molecular weight is 265 g/mol. The van der Waals surface area contributed by atoms with Gasteiger partial charge < -0.3 is 15.1 Å². The number of rotatable bonds is 5. The van der Waals surface area contributed by atoms with Crippen LogP contribution in [-0.2, 0) is 6.54 Å². The van der Waals surface area contributed by atoms with Crippen molar-refractivity contribution >= 4 is 5.69 Å². The van der Waals surface area contributed by atoms with Crippen molar-refractivity contribution in [3.63, 3.8) is 0 Å². The van der Waals surface area contributed by atoms with E-state index in [9.17, 15) is 4.39 Å². The van der Waals surface area contributed by atoms with E-state index < -0.39 is 0 Å². The second-order valence-corrected chi connectivity index (χ2v) is 5.28. The summed E-state index contributed by atoms with van der Waals surface area (Å²) in [4.78, 5) is 4.58. The number of likely N-dealkylation sites (N-methyl/N-ethyl adjacent to an activating group) is 1. The number of anilines is 1. The fourth-order valence-corrected chi connectivity index (χ4v) is 2.39. The first-order chi connectivity index (χ1) is 9.19. The molecular weight excluding hydrogens is 241 g/mol. The van der Waals surface area contributed by atoms with Gasteiger partial charge in [0.05, 0.1) is 0 Å². The Morgan fingerprint density at radius 1 is 1.16 bits per heavy atom. The Labute approximate surface area is 115 Å². The Hall–Kier alpha value is -1.13. The van der Waals surface area contributed by atoms with Crippen LogP contribution in [0.15, 0.2) is 18.2 Å². The molecule has 1 saturated heterocycles. The molecule has 1 N–H and O–H groups in total. The van der Waals surface area contributed by atoms with E-state index in [1.807, 2.05) is 0 Å². The number of nitrogens with zero attached hydrogens (tertiary/aromatic N) is 2. The van der Waals surface area contributed by atoms with Crippen LogP contribution in [0, 0.1) is 5.82 Å². The monoisotopic (exact) mass is 265 g/mol. The highest BCUT2D eigenvalue weighted by molar-refractivity contribution is 5.49. The van der Waals surface area contributed by atoms with Gasteiger partial charge in [-0.25, -0.2) is 4.39 Å². The largest absolute Gasteiger partial charge is 0.369 e. The van der Waals surface area contributed by atoms with Crippen molar-refractivity contribution in [2.24, 2.45) is 0 Å². The van der Waals surface area contributed by atoms with Gasteiger partial charge in [-0.05, 0) is 43.8 Å². The first-order valence-corrected chi connectivity index (χ1v) is 7.12. The van der Waals surface area contributed by atoms with Crippen molar-refractivity contribution in [3.05, 3.63) is 29.6 Å². The summed E-state index contributed by atoms with van der Waals surface area (Å²) >= 11 is 0. The molecule has 1 aliphatic heterocycles. The molecule has 0 aliphatic carbocycles. The number of benzene rings is 1. The number of halogens is 1. The number of hydrogen-bond donors (Lipinski definition) is 1. The summed E-state index contributed by atoms with van der Waals surface area (Å²) in [5.74, 6) is -0.135. The van der Waals surface area contributed by atoms with E-state index in [1.165, 1.54) is 0 Å². The van der Waals surface area contributed by atoms with Gasteiger partial charge in [0, 0.05) is 38.4 Å². The van der Waals surface area contributed by atoms with Gasteiger partial charge in [-0.2, -0.15) is 0 Å². The second kappa shape index (κ2) is 6.87. The third-order valence-electron chi connectivity index (χ3n) is 3.57. The first-order valence-electron chi connectivity index (χ1n) is 7.12. The minimum absolute atomic E-state index is 0.135. The molecule has 0 amide bonds. The zero-order valence-electron chi connectivity index (χ0n) is 12.0. The molecule has 1 fully saturated rings. The zero-order chi connectivity index (χ0) is 13.7. The second-order valence-electron chi connectivity index (χ2n) is 5.28. The average Bonchev–Trinajstić information content (AvgIpc) is 2.39. The Morgan fingerprint density at radius 2 is 1.89 bits per heavy atom. The maximum Gasteiger partial charge on any atom is 0.125 e. The Morgan fingerprint density at radius 3 is 2.58 bits per heavy atom. The van der Waals surface area contributed by atoms with E-state index in [1.54, 1.807) is 12.1 Å². The molecule has 0 aromatic heterocycles. The van der Waals surface area contributed by atoms with Crippen LogP contribution in [0.25, 0.3) is 0 Å². The van der Waals surface area contributed by atoms with Crippen LogP contribution in [0.2, 0.25) is 0 Å². The molecule has 0 bridgehead atoms. The molecule has 106 valence electrons. The Bertz CT molecular complexity index is 400. The predicted octanol–water partition coefficient (Wildman–Crippen LogP) is 2.08. The molecule has 0 radical (unpaired) electrons. The van der Waals surface area contributed by atoms with Crippen LogP contribution < -0.4 is 10.2 Å². The highest BCUT2D eigenvalue weighted by Gasteiger charge is 2.15. The molecule has 2 rings (SSSR count). The van der Waals surface area contributed by atoms with Crippen LogP contribution in [0.1, 0.15) is 18.9 Å². The van der Waals surface area contributed by atoms with Crippen LogP contribution in [0.5, 0.6) is 0 Å². The summed E-state index contributed by atoms with van der Waals surface area (Å²) in [6.07, 6.45) is 1.10. The van der Waals surface area contributed by atoms with Crippen LogP contribution in [0.4, 0.5) is 10.1 Å². The topological polar surface area (TPSA) is 18.5 Å². The maximum absolute atomic E-state index is 13.7. The van der Waals surface area contributed by atoms with E-state index in [-0.39, 0.29) is 5.82 Å². The smallest absolute Gasteiger partial charge is 0.125 e. The first kappa shape index (κ1) is 14.3. The van der Waals surface area contributed by atoms with Crippen LogP contribution in [-0.4, -0.2) is 44.7 Å². The normalized spacial score (nSPS) is 16.9. The summed E-state index contributed by atoms with van der Waals surface area (Å²) in [6.45, 7) is 7.88. The molecule has 4 heteroatoms. The quantitative estimate of drug-likeness (QED) is 0.822. The molecule has 0 saturated carbocycles. The molecule has 0 spiro atoms. The van der Waals surface area contributed by atoms with E-state index >= 15 is 0 Å². The third kappa shape index (κ3) is 4.18. The summed E-state index contributed by atoms with van der Waals surface area (Å²) < 4.78 is 13.7. The van der Waals surface area contributed by atoms with Gasteiger partial charge >= 0.3 is 0 Å². The Balaban J connectivity index is 2.03. The minimum Gasteiger partial charge on any atom is -0.369 e. The summed E-state index contributed by atoms with van der Waals surface area (Å²) in [5.41, 5.74) is 2.05. The van der Waals surface area contributed by atoms with Crippen molar-refractivity contribution in [2.75, 3.05) is 44.7 Å². The zero-order valence-corrected chi connectivity index (χ0v) is 12.0. The van der Waals surface area contributed by atoms with Crippen LogP contribution in [0.3, 0.4) is 0 Å². The van der Waals surface area contributed by atoms with Gasteiger partial charge in [-0.15, -0.1) is 0 Å². The van der Waals surface area contributed by atoms with Gasteiger partial charge in [-0.3, -0.25) is 0 Å². The molecule has 0 atom stereocenters. The van der Waals surface area contributed by atoms with Gasteiger partial charge in [0.15, 0.2) is 0 Å². The third-order valence-corrected chi connectivity index (χ3v) is 3.57. The lowest BCUT2D eigenvalue weighted by Gasteiger charge is -2.34. The summed E-state index contributed by atoms with van der Waals surface area (Å²) in [5, 5.41) is 3.32. The molecule has 3 nitrogen and oxygen atoms in total. The lowest BCUT2D eigenvalue weighted by Crippen LogP contribution is -2.44. The van der Waals surface area contributed by atoms with E-state index in [0.717, 1.165) is 56.9 Å². The molecule has 0 unspecified atom stereocenters. The van der Waals surface area contributed by atoms with Gasteiger partial charge in [0.25, 0.3) is 0 Å². The molecule has 1 heterocycles. The van der Waals surface area contributed by atoms with E-state index in [0.29, 0.717) is 0 Å². The summed E-state index contributed by atoms with van der Waals surface area (Å²) in [6, 6.07) is 5.38. The predicted molar refractivity (Wildman–Crippen MR) is 78.1 cm³/mol. The molecular formula is C15H24FN3. The fourth-order valence-electron chi connectivity index (χ4n) is 2.39. The summed E-state index contributed by atoms with van der Waals surface area (Å²) in [7, 11) is 2.13. The SMILES string of the molecule is CCCNCc1cc(F)cc(N2CCN(C)CC2)c1. The number of piperazine rings is 1. The molecule has 1 aliphatic rings. The van der Waals surface area contributed by atoms with E-state index in [2.05, 4.69) is 35.2 Å². The Kier molecular flexibility index (Phi) is 5.16.